The topological polar surface area (TPSA) is 50.1 Å². The summed E-state index contributed by atoms with van der Waals surface area (Å²) in [5.41, 5.74) is 6.07. The number of rotatable bonds is 2. The van der Waals surface area contributed by atoms with Crippen molar-refractivity contribution in [3.8, 4) is 0 Å². The molecule has 1 aliphatic rings. The van der Waals surface area contributed by atoms with Crippen LogP contribution in [0.15, 0.2) is 0 Å². The molecule has 1 aliphatic heterocycles. The van der Waals surface area contributed by atoms with Crippen LogP contribution in [0.4, 0.5) is 0 Å². The van der Waals surface area contributed by atoms with Crippen molar-refractivity contribution in [2.45, 2.75) is 38.3 Å². The summed E-state index contributed by atoms with van der Waals surface area (Å²) in [6, 6.07) is 0. The molecule has 0 radical (unpaired) electrons. The van der Waals surface area contributed by atoms with Crippen molar-refractivity contribution in [1.29, 1.82) is 0 Å². The summed E-state index contributed by atoms with van der Waals surface area (Å²) >= 11 is 0. The third-order valence-corrected chi connectivity index (χ3v) is 2.27. The second kappa shape index (κ2) is 3.32. The Balaban J connectivity index is 2.55. The minimum Gasteiger partial charge on any atom is -0.329 e. The highest BCUT2D eigenvalue weighted by Crippen LogP contribution is 2.17. The fraction of sp³-hybridized carbons (Fsp3) is 1.00. The normalized spacial score (nSPS) is 31.0. The van der Waals surface area contributed by atoms with E-state index in [2.05, 4.69) is 31.4 Å². The molecule has 0 aliphatic carbocycles. The molecule has 12 heavy (non-hydrogen) atoms. The van der Waals surface area contributed by atoms with Crippen LogP contribution in [-0.4, -0.2) is 30.7 Å². The maximum absolute atomic E-state index is 5.77. The van der Waals surface area contributed by atoms with Gasteiger partial charge in [0.2, 0.25) is 0 Å². The molecule has 1 atom stereocenters. The standard InChI is InChI=1S/C9H21N3/c1-8(2,3)12-9(6-10)4-5-11-7-9/h11-12H,4-7,10H2,1-3H3. The van der Waals surface area contributed by atoms with Gasteiger partial charge in [-0.25, -0.2) is 0 Å². The SMILES string of the molecule is CC(C)(C)NC1(CN)CCNC1. The number of hydrogen-bond acceptors (Lipinski definition) is 3. The molecule has 1 saturated heterocycles. The Hall–Kier alpha value is -0.120. The van der Waals surface area contributed by atoms with Gasteiger partial charge in [0.1, 0.15) is 0 Å². The van der Waals surface area contributed by atoms with Crippen molar-refractivity contribution in [3.05, 3.63) is 0 Å². The Morgan fingerprint density at radius 2 is 2.17 bits per heavy atom. The molecule has 3 nitrogen and oxygen atoms in total. The highest BCUT2D eigenvalue weighted by molar-refractivity contribution is 4.99. The summed E-state index contributed by atoms with van der Waals surface area (Å²) in [6.45, 7) is 9.35. The van der Waals surface area contributed by atoms with Gasteiger partial charge in [0.05, 0.1) is 0 Å². The summed E-state index contributed by atoms with van der Waals surface area (Å²) in [6.07, 6.45) is 1.14. The van der Waals surface area contributed by atoms with Gasteiger partial charge >= 0.3 is 0 Å². The minimum absolute atomic E-state index is 0.137. The van der Waals surface area contributed by atoms with E-state index in [0.29, 0.717) is 0 Å². The average molecular weight is 171 g/mol. The van der Waals surface area contributed by atoms with E-state index in [4.69, 9.17) is 5.73 Å². The monoisotopic (exact) mass is 171 g/mol. The molecular weight excluding hydrogens is 150 g/mol. The molecule has 4 N–H and O–H groups in total. The van der Waals surface area contributed by atoms with Crippen molar-refractivity contribution in [1.82, 2.24) is 10.6 Å². The predicted octanol–water partition coefficient (Wildman–Crippen LogP) is 0.0653. The molecule has 0 bridgehead atoms. The first-order valence-corrected chi connectivity index (χ1v) is 4.68. The van der Waals surface area contributed by atoms with Crippen LogP contribution < -0.4 is 16.4 Å². The Morgan fingerprint density at radius 3 is 2.50 bits per heavy atom. The van der Waals surface area contributed by atoms with Crippen LogP contribution in [0.25, 0.3) is 0 Å². The Morgan fingerprint density at radius 1 is 1.50 bits per heavy atom. The maximum Gasteiger partial charge on any atom is 0.0446 e. The average Bonchev–Trinajstić information content (AvgIpc) is 2.34. The van der Waals surface area contributed by atoms with E-state index >= 15 is 0 Å². The molecule has 3 heteroatoms. The highest BCUT2D eigenvalue weighted by atomic mass is 15.1. The Labute approximate surface area is 75.1 Å². The largest absolute Gasteiger partial charge is 0.329 e. The first-order chi connectivity index (χ1) is 5.47. The lowest BCUT2D eigenvalue weighted by molar-refractivity contribution is 0.267. The van der Waals surface area contributed by atoms with Gasteiger partial charge < -0.3 is 16.4 Å². The molecule has 0 aromatic rings. The van der Waals surface area contributed by atoms with Crippen LogP contribution >= 0.6 is 0 Å². The number of hydrogen-bond donors (Lipinski definition) is 3. The van der Waals surface area contributed by atoms with Crippen molar-refractivity contribution in [2.75, 3.05) is 19.6 Å². The van der Waals surface area contributed by atoms with E-state index in [1.54, 1.807) is 0 Å². The smallest absolute Gasteiger partial charge is 0.0446 e. The zero-order valence-corrected chi connectivity index (χ0v) is 8.41. The second-order valence-electron chi connectivity index (χ2n) is 4.79. The van der Waals surface area contributed by atoms with E-state index < -0.39 is 0 Å². The highest BCUT2D eigenvalue weighted by Gasteiger charge is 2.35. The molecule has 0 amide bonds. The third-order valence-electron chi connectivity index (χ3n) is 2.27. The van der Waals surface area contributed by atoms with Crippen LogP contribution in [0, 0.1) is 0 Å². The molecule has 72 valence electrons. The molecule has 0 saturated carbocycles. The Bertz CT molecular complexity index is 142. The predicted molar refractivity (Wildman–Crippen MR) is 52.2 cm³/mol. The fourth-order valence-corrected chi connectivity index (χ4v) is 1.87. The van der Waals surface area contributed by atoms with Gasteiger partial charge in [-0.3, -0.25) is 0 Å². The molecular formula is C9H21N3. The van der Waals surface area contributed by atoms with Crippen molar-refractivity contribution < 1.29 is 0 Å². The number of nitrogens with two attached hydrogens (primary N) is 1. The molecule has 0 spiro atoms. The zero-order valence-electron chi connectivity index (χ0n) is 8.41. The fourth-order valence-electron chi connectivity index (χ4n) is 1.87. The van der Waals surface area contributed by atoms with Gasteiger partial charge in [0.15, 0.2) is 0 Å². The van der Waals surface area contributed by atoms with Crippen LogP contribution in [0.5, 0.6) is 0 Å². The van der Waals surface area contributed by atoms with Gasteiger partial charge in [0, 0.05) is 24.2 Å². The number of nitrogens with one attached hydrogen (secondary N) is 2. The van der Waals surface area contributed by atoms with E-state index in [-0.39, 0.29) is 11.1 Å². The van der Waals surface area contributed by atoms with Gasteiger partial charge in [-0.15, -0.1) is 0 Å². The maximum atomic E-state index is 5.77. The van der Waals surface area contributed by atoms with E-state index in [0.717, 1.165) is 26.1 Å². The van der Waals surface area contributed by atoms with Gasteiger partial charge in [0.25, 0.3) is 0 Å². The lowest BCUT2D eigenvalue weighted by atomic mass is 9.94. The van der Waals surface area contributed by atoms with Crippen LogP contribution in [0.3, 0.4) is 0 Å². The molecule has 1 unspecified atom stereocenters. The van der Waals surface area contributed by atoms with Crippen molar-refractivity contribution in [2.24, 2.45) is 5.73 Å². The molecule has 1 heterocycles. The van der Waals surface area contributed by atoms with Crippen molar-refractivity contribution >= 4 is 0 Å². The first kappa shape index (κ1) is 9.96. The summed E-state index contributed by atoms with van der Waals surface area (Å²) in [5.74, 6) is 0. The van der Waals surface area contributed by atoms with E-state index in [1.807, 2.05) is 0 Å². The first-order valence-electron chi connectivity index (χ1n) is 4.68. The van der Waals surface area contributed by atoms with Gasteiger partial charge in [-0.2, -0.15) is 0 Å². The molecule has 1 fully saturated rings. The van der Waals surface area contributed by atoms with E-state index in [9.17, 15) is 0 Å². The van der Waals surface area contributed by atoms with Crippen LogP contribution in [0.2, 0.25) is 0 Å². The molecule has 0 aromatic carbocycles. The quantitative estimate of drug-likeness (QED) is 0.551. The second-order valence-corrected chi connectivity index (χ2v) is 4.79. The van der Waals surface area contributed by atoms with Crippen LogP contribution in [0.1, 0.15) is 27.2 Å². The lowest BCUT2D eigenvalue weighted by Gasteiger charge is -2.36. The summed E-state index contributed by atoms with van der Waals surface area (Å²) in [7, 11) is 0. The zero-order chi connectivity index (χ0) is 9.24. The van der Waals surface area contributed by atoms with E-state index in [1.165, 1.54) is 0 Å². The van der Waals surface area contributed by atoms with Crippen LogP contribution in [-0.2, 0) is 0 Å². The molecule has 1 rings (SSSR count). The minimum atomic E-state index is 0.137. The lowest BCUT2D eigenvalue weighted by Crippen LogP contribution is -2.59. The van der Waals surface area contributed by atoms with Crippen molar-refractivity contribution in [3.63, 3.8) is 0 Å². The van der Waals surface area contributed by atoms with Gasteiger partial charge in [-0.05, 0) is 33.7 Å². The van der Waals surface area contributed by atoms with Gasteiger partial charge in [-0.1, -0.05) is 0 Å². The summed E-state index contributed by atoms with van der Waals surface area (Å²) in [5, 5.41) is 6.94. The summed E-state index contributed by atoms with van der Waals surface area (Å²) < 4.78 is 0. The Kier molecular flexibility index (Phi) is 2.76. The third kappa shape index (κ3) is 2.44. The molecule has 0 aromatic heterocycles. The summed E-state index contributed by atoms with van der Waals surface area (Å²) in [4.78, 5) is 0.